The van der Waals surface area contributed by atoms with Gasteiger partial charge in [0.2, 0.25) is 0 Å². The van der Waals surface area contributed by atoms with Gasteiger partial charge in [0.25, 0.3) is 0 Å². The van der Waals surface area contributed by atoms with Crippen LogP contribution in [0.3, 0.4) is 0 Å². The van der Waals surface area contributed by atoms with Crippen molar-refractivity contribution in [3.8, 4) is 0 Å². The molecule has 0 saturated carbocycles. The molecule has 0 aromatic heterocycles. The summed E-state index contributed by atoms with van der Waals surface area (Å²) in [6.07, 6.45) is 2.05. The second kappa shape index (κ2) is 8.78. The van der Waals surface area contributed by atoms with Crippen LogP contribution in [0.2, 0.25) is 0 Å². The van der Waals surface area contributed by atoms with Crippen LogP contribution in [0.15, 0.2) is 0 Å². The second-order valence-corrected chi connectivity index (χ2v) is 4.67. The fourth-order valence-electron chi connectivity index (χ4n) is 1.83. The third-order valence-corrected chi connectivity index (χ3v) is 3.15. The molecular weight excluding hydrogens is 232 g/mol. The average Bonchev–Trinajstić information content (AvgIpc) is 2.29. The molecule has 5 heteroatoms. The lowest BCUT2D eigenvalue weighted by molar-refractivity contribution is -0.137. The highest BCUT2D eigenvalue weighted by molar-refractivity contribution is 5.75. The van der Waals surface area contributed by atoms with E-state index in [0.29, 0.717) is 12.5 Å². The first kappa shape index (κ1) is 16.7. The van der Waals surface area contributed by atoms with Gasteiger partial charge in [-0.3, -0.25) is 4.79 Å². The zero-order valence-electron chi connectivity index (χ0n) is 11.9. The number of aliphatic carboxylic acids is 1. The molecule has 1 atom stereocenters. The van der Waals surface area contributed by atoms with Gasteiger partial charge in [0.05, 0.1) is 6.42 Å². The van der Waals surface area contributed by atoms with Crippen LogP contribution in [-0.2, 0) is 4.79 Å². The van der Waals surface area contributed by atoms with Gasteiger partial charge in [-0.1, -0.05) is 26.7 Å². The van der Waals surface area contributed by atoms with Crippen LogP contribution in [0, 0.1) is 5.92 Å². The van der Waals surface area contributed by atoms with Crippen molar-refractivity contribution in [2.75, 3.05) is 13.1 Å². The molecule has 106 valence electrons. The zero-order chi connectivity index (χ0) is 14.1. The molecule has 0 radical (unpaired) electrons. The summed E-state index contributed by atoms with van der Waals surface area (Å²) in [5.74, 6) is -0.392. The maximum Gasteiger partial charge on any atom is 0.317 e. The topological polar surface area (TPSA) is 69.6 Å². The van der Waals surface area contributed by atoms with Crippen LogP contribution in [0.4, 0.5) is 4.79 Å². The summed E-state index contributed by atoms with van der Waals surface area (Å²) in [4.78, 5) is 24.2. The third-order valence-electron chi connectivity index (χ3n) is 3.15. The van der Waals surface area contributed by atoms with Crippen molar-refractivity contribution in [2.24, 2.45) is 5.92 Å². The summed E-state index contributed by atoms with van der Waals surface area (Å²) >= 11 is 0. The van der Waals surface area contributed by atoms with E-state index >= 15 is 0 Å². The molecule has 2 amide bonds. The number of nitrogens with one attached hydrogen (secondary N) is 1. The lowest BCUT2D eigenvalue weighted by Gasteiger charge is -2.27. The van der Waals surface area contributed by atoms with Crippen LogP contribution in [0.25, 0.3) is 0 Å². The van der Waals surface area contributed by atoms with Gasteiger partial charge in [0.1, 0.15) is 0 Å². The van der Waals surface area contributed by atoms with Gasteiger partial charge >= 0.3 is 12.0 Å². The molecule has 0 aromatic carbocycles. The molecule has 0 aliphatic heterocycles. The number of carbonyl (C=O) groups excluding carboxylic acids is 1. The standard InChI is InChI=1S/C13H26N2O3/c1-5-11(6-2)9-15(7-3)13(18)14-10(4)8-12(16)17/h10-11H,5-9H2,1-4H3,(H,14,18)(H,16,17). The van der Waals surface area contributed by atoms with E-state index in [1.54, 1.807) is 11.8 Å². The molecule has 0 aliphatic carbocycles. The normalized spacial score (nSPS) is 12.3. The van der Waals surface area contributed by atoms with E-state index in [1.807, 2.05) is 6.92 Å². The number of carbonyl (C=O) groups is 2. The third kappa shape index (κ3) is 6.47. The highest BCUT2D eigenvalue weighted by Crippen LogP contribution is 2.10. The Morgan fingerprint density at radius 1 is 1.22 bits per heavy atom. The van der Waals surface area contributed by atoms with Gasteiger partial charge in [-0.2, -0.15) is 0 Å². The molecule has 0 heterocycles. The van der Waals surface area contributed by atoms with Crippen molar-refractivity contribution in [1.82, 2.24) is 10.2 Å². The van der Waals surface area contributed by atoms with E-state index in [0.717, 1.165) is 19.4 Å². The number of carboxylic acids is 1. The van der Waals surface area contributed by atoms with E-state index < -0.39 is 5.97 Å². The van der Waals surface area contributed by atoms with Gasteiger partial charge < -0.3 is 15.3 Å². The lowest BCUT2D eigenvalue weighted by atomic mass is 10.0. The number of amides is 2. The Hall–Kier alpha value is -1.26. The van der Waals surface area contributed by atoms with Crippen LogP contribution in [-0.4, -0.2) is 41.1 Å². The number of carboxylic acid groups (broad SMARTS) is 1. The van der Waals surface area contributed by atoms with Crippen LogP contribution in [0.1, 0.15) is 47.0 Å². The molecule has 0 fully saturated rings. The van der Waals surface area contributed by atoms with Gasteiger partial charge in [-0.15, -0.1) is 0 Å². The van der Waals surface area contributed by atoms with E-state index in [-0.39, 0.29) is 18.5 Å². The van der Waals surface area contributed by atoms with Gasteiger partial charge in [-0.25, -0.2) is 4.79 Å². The van der Waals surface area contributed by atoms with Crippen molar-refractivity contribution in [3.63, 3.8) is 0 Å². The highest BCUT2D eigenvalue weighted by atomic mass is 16.4. The SMILES string of the molecule is CCC(CC)CN(CC)C(=O)NC(C)CC(=O)O. The van der Waals surface area contributed by atoms with Crippen molar-refractivity contribution in [1.29, 1.82) is 0 Å². The summed E-state index contributed by atoms with van der Waals surface area (Å²) in [5.41, 5.74) is 0. The molecule has 0 aromatic rings. The fourth-order valence-corrected chi connectivity index (χ4v) is 1.83. The summed E-state index contributed by atoms with van der Waals surface area (Å²) < 4.78 is 0. The Morgan fingerprint density at radius 2 is 1.78 bits per heavy atom. The van der Waals surface area contributed by atoms with E-state index in [2.05, 4.69) is 19.2 Å². The number of hydrogen-bond donors (Lipinski definition) is 2. The zero-order valence-corrected chi connectivity index (χ0v) is 11.9. The molecule has 0 saturated heterocycles. The first-order valence-corrected chi connectivity index (χ1v) is 6.71. The van der Waals surface area contributed by atoms with Gasteiger partial charge in [0.15, 0.2) is 0 Å². The summed E-state index contributed by atoms with van der Waals surface area (Å²) in [6, 6.07) is -0.510. The minimum Gasteiger partial charge on any atom is -0.481 e. The smallest absolute Gasteiger partial charge is 0.317 e. The molecule has 0 rings (SSSR count). The quantitative estimate of drug-likeness (QED) is 0.702. The summed E-state index contributed by atoms with van der Waals surface area (Å²) in [6.45, 7) is 9.25. The summed E-state index contributed by atoms with van der Waals surface area (Å²) in [7, 11) is 0. The highest BCUT2D eigenvalue weighted by Gasteiger charge is 2.18. The first-order chi connectivity index (χ1) is 8.44. The molecule has 0 aliphatic rings. The molecule has 0 bridgehead atoms. The Labute approximate surface area is 110 Å². The Balaban J connectivity index is 4.29. The molecule has 18 heavy (non-hydrogen) atoms. The molecular formula is C13H26N2O3. The number of urea groups is 1. The Morgan fingerprint density at radius 3 is 2.17 bits per heavy atom. The maximum absolute atomic E-state index is 12.0. The van der Waals surface area contributed by atoms with Crippen LogP contribution in [0.5, 0.6) is 0 Å². The first-order valence-electron chi connectivity index (χ1n) is 6.71. The molecule has 0 spiro atoms. The lowest BCUT2D eigenvalue weighted by Crippen LogP contribution is -2.46. The van der Waals surface area contributed by atoms with Crippen molar-refractivity contribution in [3.05, 3.63) is 0 Å². The molecule has 2 N–H and O–H groups in total. The minimum atomic E-state index is -0.897. The number of hydrogen-bond acceptors (Lipinski definition) is 2. The maximum atomic E-state index is 12.0. The van der Waals surface area contributed by atoms with E-state index in [4.69, 9.17) is 5.11 Å². The molecule has 5 nitrogen and oxygen atoms in total. The monoisotopic (exact) mass is 258 g/mol. The van der Waals surface area contributed by atoms with Crippen molar-refractivity contribution in [2.45, 2.75) is 53.0 Å². The Bertz CT molecular complexity index is 265. The van der Waals surface area contributed by atoms with Crippen molar-refractivity contribution >= 4 is 12.0 Å². The van der Waals surface area contributed by atoms with E-state index in [1.165, 1.54) is 0 Å². The van der Waals surface area contributed by atoms with Crippen LogP contribution >= 0.6 is 0 Å². The summed E-state index contributed by atoms with van der Waals surface area (Å²) in [5, 5.41) is 11.4. The second-order valence-electron chi connectivity index (χ2n) is 4.67. The number of rotatable bonds is 8. The Kier molecular flexibility index (Phi) is 8.16. The van der Waals surface area contributed by atoms with Crippen molar-refractivity contribution < 1.29 is 14.7 Å². The average molecular weight is 258 g/mol. The predicted octanol–water partition coefficient (Wildman–Crippen LogP) is 2.32. The minimum absolute atomic E-state index is 0.0473. The fraction of sp³-hybridized carbons (Fsp3) is 0.846. The van der Waals surface area contributed by atoms with Gasteiger partial charge in [-0.05, 0) is 19.8 Å². The van der Waals surface area contributed by atoms with E-state index in [9.17, 15) is 9.59 Å². The molecule has 1 unspecified atom stereocenters. The largest absolute Gasteiger partial charge is 0.481 e. The number of nitrogens with zero attached hydrogens (tertiary/aromatic N) is 1. The predicted molar refractivity (Wildman–Crippen MR) is 71.6 cm³/mol. The van der Waals surface area contributed by atoms with Gasteiger partial charge in [0, 0.05) is 19.1 Å². The van der Waals surface area contributed by atoms with Crippen LogP contribution < -0.4 is 5.32 Å².